The highest BCUT2D eigenvalue weighted by Crippen LogP contribution is 2.34. The number of hydrogen-bond donors (Lipinski definition) is 1. The van der Waals surface area contributed by atoms with Crippen molar-refractivity contribution in [3.8, 4) is 6.07 Å². The van der Waals surface area contributed by atoms with Crippen molar-refractivity contribution in [1.82, 2.24) is 4.90 Å². The molecule has 2 rings (SSSR count). The molecule has 0 radical (unpaired) electrons. The predicted molar refractivity (Wildman–Crippen MR) is 77.7 cm³/mol. The Morgan fingerprint density at radius 1 is 1.21 bits per heavy atom. The first-order valence-electron chi connectivity index (χ1n) is 7.20. The lowest BCUT2D eigenvalue weighted by Gasteiger charge is -2.26. The molecule has 1 unspecified atom stereocenters. The Labute approximate surface area is 116 Å². The number of likely N-dealkylation sites (tertiary alicyclic amines) is 1. The van der Waals surface area contributed by atoms with Crippen molar-refractivity contribution in [3.05, 3.63) is 35.9 Å². The molecule has 0 aliphatic carbocycles. The second-order valence-corrected chi connectivity index (χ2v) is 5.40. The minimum absolute atomic E-state index is 0.293. The summed E-state index contributed by atoms with van der Waals surface area (Å²) in [6, 6.07) is 12.9. The van der Waals surface area contributed by atoms with Crippen molar-refractivity contribution < 1.29 is 0 Å². The molecule has 1 aliphatic heterocycles. The molecule has 1 fully saturated rings. The van der Waals surface area contributed by atoms with Gasteiger partial charge >= 0.3 is 0 Å². The van der Waals surface area contributed by atoms with Gasteiger partial charge in [-0.15, -0.1) is 0 Å². The Hall–Kier alpha value is -1.37. The van der Waals surface area contributed by atoms with Crippen molar-refractivity contribution in [2.24, 2.45) is 5.73 Å². The SMILES string of the molecule is N#CC1(c2ccccc2)CCCN(CCCN)CC1. The number of nitrogens with two attached hydrogens (primary N) is 1. The van der Waals surface area contributed by atoms with Gasteiger partial charge < -0.3 is 10.6 Å². The lowest BCUT2D eigenvalue weighted by atomic mass is 9.76. The van der Waals surface area contributed by atoms with Gasteiger partial charge in [0, 0.05) is 0 Å². The van der Waals surface area contributed by atoms with E-state index in [-0.39, 0.29) is 5.41 Å². The van der Waals surface area contributed by atoms with Crippen molar-refractivity contribution in [2.45, 2.75) is 31.1 Å². The first-order valence-corrected chi connectivity index (χ1v) is 7.20. The van der Waals surface area contributed by atoms with Crippen LogP contribution >= 0.6 is 0 Å². The molecule has 2 N–H and O–H groups in total. The number of hydrogen-bond acceptors (Lipinski definition) is 3. The maximum Gasteiger partial charge on any atom is 0.0835 e. The summed E-state index contributed by atoms with van der Waals surface area (Å²) in [4.78, 5) is 2.45. The third-order valence-corrected chi connectivity index (χ3v) is 4.15. The van der Waals surface area contributed by atoms with Crippen LogP contribution in [-0.2, 0) is 5.41 Å². The van der Waals surface area contributed by atoms with Crippen LogP contribution in [0.3, 0.4) is 0 Å². The Kier molecular flexibility index (Phi) is 4.95. The fourth-order valence-electron chi connectivity index (χ4n) is 2.95. The summed E-state index contributed by atoms with van der Waals surface area (Å²) in [5, 5.41) is 9.69. The first-order chi connectivity index (χ1) is 9.30. The van der Waals surface area contributed by atoms with Gasteiger partial charge in [0.25, 0.3) is 0 Å². The maximum absolute atomic E-state index is 9.69. The van der Waals surface area contributed by atoms with Gasteiger partial charge in [-0.2, -0.15) is 5.26 Å². The first kappa shape index (κ1) is 14.0. The van der Waals surface area contributed by atoms with E-state index in [0.717, 1.165) is 51.9 Å². The fraction of sp³-hybridized carbons (Fsp3) is 0.562. The molecule has 102 valence electrons. The zero-order valence-corrected chi connectivity index (χ0v) is 11.5. The third kappa shape index (κ3) is 3.34. The molecule has 1 aliphatic rings. The maximum atomic E-state index is 9.69. The monoisotopic (exact) mass is 257 g/mol. The standard InChI is InChI=1S/C16H23N3/c17-10-5-12-19-11-4-8-16(14-18,9-13-19)15-6-2-1-3-7-15/h1-3,6-7H,4-5,8-13,17H2. The highest BCUT2D eigenvalue weighted by molar-refractivity contribution is 5.32. The Morgan fingerprint density at radius 3 is 2.68 bits per heavy atom. The molecule has 19 heavy (non-hydrogen) atoms. The van der Waals surface area contributed by atoms with Crippen LogP contribution in [0.25, 0.3) is 0 Å². The highest BCUT2D eigenvalue weighted by Gasteiger charge is 2.34. The van der Waals surface area contributed by atoms with Crippen LogP contribution < -0.4 is 5.73 Å². The van der Waals surface area contributed by atoms with E-state index in [1.54, 1.807) is 0 Å². The van der Waals surface area contributed by atoms with Crippen LogP contribution in [0.4, 0.5) is 0 Å². The fourth-order valence-corrected chi connectivity index (χ4v) is 2.95. The van der Waals surface area contributed by atoms with E-state index in [1.807, 2.05) is 18.2 Å². The molecule has 0 saturated carbocycles. The average Bonchev–Trinajstić information content (AvgIpc) is 2.69. The largest absolute Gasteiger partial charge is 0.330 e. The molecule has 1 aromatic carbocycles. The molecule has 1 heterocycles. The summed E-state index contributed by atoms with van der Waals surface area (Å²) in [6.07, 6.45) is 4.03. The van der Waals surface area contributed by atoms with Crippen LogP contribution in [0.15, 0.2) is 30.3 Å². The molecule has 0 amide bonds. The van der Waals surface area contributed by atoms with Gasteiger partial charge in [-0.3, -0.25) is 0 Å². The number of rotatable bonds is 4. The van der Waals surface area contributed by atoms with Gasteiger partial charge in [0.1, 0.15) is 0 Å². The summed E-state index contributed by atoms with van der Waals surface area (Å²) in [6.45, 7) is 3.91. The molecular formula is C16H23N3. The smallest absolute Gasteiger partial charge is 0.0835 e. The van der Waals surface area contributed by atoms with Crippen molar-refractivity contribution in [2.75, 3.05) is 26.2 Å². The summed E-state index contributed by atoms with van der Waals surface area (Å²) in [7, 11) is 0. The zero-order valence-electron chi connectivity index (χ0n) is 11.5. The van der Waals surface area contributed by atoms with Crippen molar-refractivity contribution >= 4 is 0 Å². The van der Waals surface area contributed by atoms with Gasteiger partial charge in [-0.25, -0.2) is 0 Å². The second-order valence-electron chi connectivity index (χ2n) is 5.40. The molecule has 1 aromatic rings. The predicted octanol–water partition coefficient (Wildman–Crippen LogP) is 2.28. The minimum atomic E-state index is -0.293. The number of benzene rings is 1. The third-order valence-electron chi connectivity index (χ3n) is 4.15. The van der Waals surface area contributed by atoms with Gasteiger partial charge in [-0.1, -0.05) is 30.3 Å². The van der Waals surface area contributed by atoms with E-state index in [9.17, 15) is 5.26 Å². The number of nitrogens with zero attached hydrogens (tertiary/aromatic N) is 2. The molecule has 3 nitrogen and oxygen atoms in total. The Balaban J connectivity index is 2.09. The van der Waals surface area contributed by atoms with Gasteiger partial charge in [-0.05, 0) is 57.4 Å². The van der Waals surface area contributed by atoms with E-state index < -0.39 is 0 Å². The van der Waals surface area contributed by atoms with Crippen LogP contribution in [0.5, 0.6) is 0 Å². The molecule has 1 atom stereocenters. The zero-order chi connectivity index (χ0) is 13.6. The van der Waals surface area contributed by atoms with E-state index >= 15 is 0 Å². The summed E-state index contributed by atoms with van der Waals surface area (Å²) in [5.41, 5.74) is 6.46. The van der Waals surface area contributed by atoms with E-state index in [2.05, 4.69) is 23.1 Å². The van der Waals surface area contributed by atoms with Gasteiger partial charge in [0.2, 0.25) is 0 Å². The van der Waals surface area contributed by atoms with Gasteiger partial charge in [0.15, 0.2) is 0 Å². The topological polar surface area (TPSA) is 53.0 Å². The van der Waals surface area contributed by atoms with Crippen LogP contribution in [-0.4, -0.2) is 31.1 Å². The Morgan fingerprint density at radius 2 is 2.00 bits per heavy atom. The number of nitriles is 1. The quantitative estimate of drug-likeness (QED) is 0.900. The molecule has 0 aromatic heterocycles. The highest BCUT2D eigenvalue weighted by atomic mass is 15.1. The summed E-state index contributed by atoms with van der Waals surface area (Å²) >= 11 is 0. The normalized spacial score (nSPS) is 24.6. The van der Waals surface area contributed by atoms with E-state index in [1.165, 1.54) is 5.56 Å². The van der Waals surface area contributed by atoms with Crippen LogP contribution in [0, 0.1) is 11.3 Å². The van der Waals surface area contributed by atoms with Crippen molar-refractivity contribution in [1.29, 1.82) is 5.26 Å². The minimum Gasteiger partial charge on any atom is -0.330 e. The lowest BCUT2D eigenvalue weighted by Crippen LogP contribution is -2.30. The molecule has 0 bridgehead atoms. The summed E-state index contributed by atoms with van der Waals surface area (Å²) < 4.78 is 0. The molecule has 1 saturated heterocycles. The average molecular weight is 257 g/mol. The lowest BCUT2D eigenvalue weighted by molar-refractivity contribution is 0.279. The molecular weight excluding hydrogens is 234 g/mol. The second kappa shape index (κ2) is 6.70. The van der Waals surface area contributed by atoms with Crippen LogP contribution in [0.1, 0.15) is 31.2 Å². The van der Waals surface area contributed by atoms with E-state index in [0.29, 0.717) is 0 Å². The molecule has 3 heteroatoms. The van der Waals surface area contributed by atoms with Crippen molar-refractivity contribution in [3.63, 3.8) is 0 Å². The van der Waals surface area contributed by atoms with E-state index in [4.69, 9.17) is 5.73 Å². The van der Waals surface area contributed by atoms with Gasteiger partial charge in [0.05, 0.1) is 11.5 Å². The summed E-state index contributed by atoms with van der Waals surface area (Å²) in [5.74, 6) is 0. The molecule has 0 spiro atoms. The Bertz CT molecular complexity index is 423. The van der Waals surface area contributed by atoms with Crippen LogP contribution in [0.2, 0.25) is 0 Å².